The third-order valence-corrected chi connectivity index (χ3v) is 15.9. The lowest BCUT2D eigenvalue weighted by Crippen LogP contribution is -2.61. The summed E-state index contributed by atoms with van der Waals surface area (Å²) < 4.78 is 17.6. The molecule has 1 heterocycles. The predicted octanol–water partition coefficient (Wildman–Crippen LogP) is 16.1. The molecule has 454 valence electrons. The van der Waals surface area contributed by atoms with Crippen molar-refractivity contribution in [2.45, 2.75) is 372 Å². The molecule has 8 atom stereocenters. The molecule has 11 heteroatoms. The molecule has 1 saturated heterocycles. The summed E-state index contributed by atoms with van der Waals surface area (Å²) in [6, 6.07) is -1.02. The van der Waals surface area contributed by atoms with Crippen LogP contribution in [0.3, 0.4) is 0 Å². The Bertz CT molecular complexity index is 1350. The van der Waals surface area contributed by atoms with Crippen molar-refractivity contribution in [3.8, 4) is 0 Å². The van der Waals surface area contributed by atoms with Crippen molar-refractivity contribution in [2.24, 2.45) is 0 Å². The van der Waals surface area contributed by atoms with E-state index in [1.165, 1.54) is 218 Å². The quantitative estimate of drug-likeness (QED) is 0.0195. The normalized spacial score (nSPS) is 19.1. The van der Waals surface area contributed by atoms with Crippen LogP contribution in [0.5, 0.6) is 0 Å². The van der Waals surface area contributed by atoms with E-state index < -0.39 is 67.4 Å². The van der Waals surface area contributed by atoms with Gasteiger partial charge in [0.1, 0.15) is 24.4 Å². The smallest absolute Gasteiger partial charge is 0.306 e. The summed E-state index contributed by atoms with van der Waals surface area (Å²) >= 11 is 0. The van der Waals surface area contributed by atoms with Gasteiger partial charge in [-0.15, -0.1) is 0 Å². The third kappa shape index (κ3) is 42.6. The average molecular weight is 1090 g/mol. The third-order valence-electron chi connectivity index (χ3n) is 15.9. The minimum absolute atomic E-state index is 0.130. The fraction of sp³-hybridized carbons (Fsp3) is 0.909. The van der Waals surface area contributed by atoms with Crippen LogP contribution in [-0.4, -0.2) is 99.6 Å². The second-order valence-corrected chi connectivity index (χ2v) is 23.2. The zero-order chi connectivity index (χ0) is 56.1. The first kappa shape index (κ1) is 73.2. The number of unbranched alkanes of at least 4 members (excludes halogenated alkanes) is 41. The molecule has 0 aromatic heterocycles. The number of allylic oxidation sites excluding steroid dienone is 3. The molecule has 0 aliphatic carbocycles. The van der Waals surface area contributed by atoms with Gasteiger partial charge in [-0.25, -0.2) is 0 Å². The fourth-order valence-corrected chi connectivity index (χ4v) is 10.6. The molecule has 0 saturated carbocycles. The van der Waals surface area contributed by atoms with E-state index in [9.17, 15) is 35.1 Å². The maximum atomic E-state index is 13.5. The summed E-state index contributed by atoms with van der Waals surface area (Å²) in [6.07, 6.45) is 53.6. The SMILES string of the molecule is CCCCCCCC/C=C/CCCCCCCCCCCCCCC(O)C(=O)NC(COC1OC(CO)C(O)C(O)C1OC(=O)CCCCCCCCCCCCCCC)C(O)/C=C/CCCCCCCCCCCCC. The Morgan fingerprint density at radius 3 is 1.26 bits per heavy atom. The molecule has 6 N–H and O–H groups in total. The minimum Gasteiger partial charge on any atom is -0.454 e. The van der Waals surface area contributed by atoms with Crippen molar-refractivity contribution in [2.75, 3.05) is 13.2 Å². The van der Waals surface area contributed by atoms with Crippen molar-refractivity contribution in [1.29, 1.82) is 0 Å². The first-order valence-corrected chi connectivity index (χ1v) is 33.1. The standard InChI is InChI=1S/C66H125NO10/c1-4-7-10-13-16-19-22-25-26-27-28-29-30-31-32-33-36-38-41-44-47-50-53-59(70)65(74)67-57(58(69)52-49-46-43-40-37-34-23-20-17-14-11-8-5-2)56-75-66-64(63(73)62(72)60(55-68)76-66)77-61(71)54-51-48-45-42-39-35-24-21-18-15-12-9-6-3/h25-26,49,52,57-60,62-64,66,68-70,72-73H,4-24,27-48,50-51,53-56H2,1-3H3,(H,67,74)/b26-25+,52-49+. The number of rotatable bonds is 57. The van der Waals surface area contributed by atoms with Gasteiger partial charge in [-0.2, -0.15) is 0 Å². The van der Waals surface area contributed by atoms with Crippen LogP contribution in [0.4, 0.5) is 0 Å². The first-order chi connectivity index (χ1) is 37.7. The molecule has 1 aliphatic heterocycles. The van der Waals surface area contributed by atoms with E-state index >= 15 is 0 Å². The Hall–Kier alpha value is -1.86. The molecule has 1 fully saturated rings. The van der Waals surface area contributed by atoms with Gasteiger partial charge in [0, 0.05) is 6.42 Å². The van der Waals surface area contributed by atoms with Gasteiger partial charge in [0.25, 0.3) is 0 Å². The molecule has 0 radical (unpaired) electrons. The van der Waals surface area contributed by atoms with Crippen molar-refractivity contribution in [3.63, 3.8) is 0 Å². The average Bonchev–Trinajstić information content (AvgIpc) is 3.43. The molecule has 1 amide bonds. The number of amides is 1. The molecule has 8 unspecified atom stereocenters. The molecule has 1 aliphatic rings. The zero-order valence-electron chi connectivity index (χ0n) is 50.4. The number of carbonyl (C=O) groups is 2. The number of ether oxygens (including phenoxy) is 3. The Balaban J connectivity index is 2.62. The number of nitrogens with one attached hydrogen (secondary N) is 1. The van der Waals surface area contributed by atoms with Crippen LogP contribution in [-0.2, 0) is 23.8 Å². The van der Waals surface area contributed by atoms with Crippen molar-refractivity contribution in [3.05, 3.63) is 24.3 Å². The van der Waals surface area contributed by atoms with Crippen LogP contribution in [0.1, 0.15) is 323 Å². The maximum Gasteiger partial charge on any atom is 0.306 e. The molecular formula is C66H125NO10. The maximum absolute atomic E-state index is 13.5. The van der Waals surface area contributed by atoms with Crippen LogP contribution in [0, 0.1) is 0 Å². The van der Waals surface area contributed by atoms with Crippen LogP contribution in [0.25, 0.3) is 0 Å². The van der Waals surface area contributed by atoms with E-state index in [2.05, 4.69) is 38.2 Å². The van der Waals surface area contributed by atoms with Crippen LogP contribution in [0.15, 0.2) is 24.3 Å². The molecule has 11 nitrogen and oxygen atoms in total. The summed E-state index contributed by atoms with van der Waals surface area (Å²) in [6.45, 7) is 5.82. The van der Waals surface area contributed by atoms with Crippen LogP contribution in [0.2, 0.25) is 0 Å². The van der Waals surface area contributed by atoms with Gasteiger partial charge in [0.05, 0.1) is 25.4 Å². The van der Waals surface area contributed by atoms with E-state index in [1.807, 2.05) is 6.08 Å². The Morgan fingerprint density at radius 1 is 0.494 bits per heavy atom. The summed E-state index contributed by atoms with van der Waals surface area (Å²) in [4.78, 5) is 26.6. The largest absolute Gasteiger partial charge is 0.454 e. The topological polar surface area (TPSA) is 175 Å². The summed E-state index contributed by atoms with van der Waals surface area (Å²) in [5.41, 5.74) is 0. The Kier molecular flexibility index (Phi) is 52.0. The summed E-state index contributed by atoms with van der Waals surface area (Å²) in [7, 11) is 0. The molecule has 0 aromatic carbocycles. The van der Waals surface area contributed by atoms with Crippen molar-refractivity contribution < 1.29 is 49.3 Å². The van der Waals surface area contributed by atoms with Crippen LogP contribution < -0.4 is 5.32 Å². The highest BCUT2D eigenvalue weighted by Crippen LogP contribution is 2.26. The van der Waals surface area contributed by atoms with E-state index in [4.69, 9.17) is 14.2 Å². The Labute approximate surface area is 473 Å². The molecule has 1 rings (SSSR count). The Morgan fingerprint density at radius 2 is 0.857 bits per heavy atom. The number of carbonyl (C=O) groups excluding carboxylic acids is 2. The van der Waals surface area contributed by atoms with Crippen molar-refractivity contribution >= 4 is 11.9 Å². The van der Waals surface area contributed by atoms with Gasteiger partial charge < -0.3 is 45.1 Å². The van der Waals surface area contributed by atoms with Crippen LogP contribution >= 0.6 is 0 Å². The highest BCUT2D eigenvalue weighted by molar-refractivity contribution is 5.80. The second kappa shape index (κ2) is 54.7. The summed E-state index contributed by atoms with van der Waals surface area (Å²) in [5, 5.41) is 57.1. The van der Waals surface area contributed by atoms with E-state index in [0.717, 1.165) is 57.8 Å². The lowest BCUT2D eigenvalue weighted by Gasteiger charge is -2.41. The molecule has 77 heavy (non-hydrogen) atoms. The van der Waals surface area contributed by atoms with Gasteiger partial charge in [-0.3, -0.25) is 9.59 Å². The van der Waals surface area contributed by atoms with Gasteiger partial charge in [-0.05, 0) is 51.4 Å². The van der Waals surface area contributed by atoms with E-state index in [1.54, 1.807) is 6.08 Å². The number of esters is 1. The second-order valence-electron chi connectivity index (χ2n) is 23.2. The highest BCUT2D eigenvalue weighted by Gasteiger charge is 2.47. The van der Waals surface area contributed by atoms with Gasteiger partial charge in [-0.1, -0.05) is 289 Å². The number of aliphatic hydroxyl groups is 5. The molecular weight excluding hydrogens is 967 g/mol. The number of hydrogen-bond donors (Lipinski definition) is 6. The van der Waals surface area contributed by atoms with E-state index in [0.29, 0.717) is 19.3 Å². The molecule has 0 aromatic rings. The van der Waals surface area contributed by atoms with Gasteiger partial charge in [0.2, 0.25) is 5.91 Å². The molecule has 0 spiro atoms. The van der Waals surface area contributed by atoms with Gasteiger partial charge >= 0.3 is 5.97 Å². The van der Waals surface area contributed by atoms with Gasteiger partial charge in [0.15, 0.2) is 12.4 Å². The fourth-order valence-electron chi connectivity index (χ4n) is 10.6. The number of hydrogen-bond acceptors (Lipinski definition) is 10. The zero-order valence-corrected chi connectivity index (χ0v) is 50.4. The molecule has 0 bridgehead atoms. The lowest BCUT2D eigenvalue weighted by molar-refractivity contribution is -0.305. The van der Waals surface area contributed by atoms with E-state index in [-0.39, 0.29) is 13.0 Å². The highest BCUT2D eigenvalue weighted by atomic mass is 16.7. The summed E-state index contributed by atoms with van der Waals surface area (Å²) in [5.74, 6) is -1.18. The monoisotopic (exact) mass is 1090 g/mol. The minimum atomic E-state index is -1.61. The first-order valence-electron chi connectivity index (χ1n) is 33.1. The predicted molar refractivity (Wildman–Crippen MR) is 320 cm³/mol. The number of aliphatic hydroxyl groups excluding tert-OH is 5. The lowest BCUT2D eigenvalue weighted by atomic mass is 9.99. The van der Waals surface area contributed by atoms with Crippen molar-refractivity contribution in [1.82, 2.24) is 5.32 Å².